The Balaban J connectivity index is 1.60. The van der Waals surface area contributed by atoms with Crippen molar-refractivity contribution in [1.29, 1.82) is 0 Å². The lowest BCUT2D eigenvalue weighted by Crippen LogP contribution is -2.27. The van der Waals surface area contributed by atoms with Crippen molar-refractivity contribution >= 4 is 35.0 Å². The smallest absolute Gasteiger partial charge is 0.251 e. The van der Waals surface area contributed by atoms with Crippen molar-refractivity contribution in [3.8, 4) is 0 Å². The van der Waals surface area contributed by atoms with Crippen LogP contribution in [0.5, 0.6) is 0 Å². The van der Waals surface area contributed by atoms with Gasteiger partial charge in [0.25, 0.3) is 5.91 Å². The number of benzene rings is 2. The zero-order valence-corrected chi connectivity index (χ0v) is 14.6. The lowest BCUT2D eigenvalue weighted by molar-refractivity contribution is 0.0954. The monoisotopic (exact) mass is 346 g/mol. The Morgan fingerprint density at radius 3 is 2.83 bits per heavy atom. The lowest BCUT2D eigenvalue weighted by Gasteiger charge is -2.27. The number of hydrogen-bond donors (Lipinski definition) is 1. The van der Waals surface area contributed by atoms with Crippen molar-refractivity contribution in [2.75, 3.05) is 30.8 Å². The quantitative estimate of drug-likeness (QED) is 0.912. The summed E-state index contributed by atoms with van der Waals surface area (Å²) in [6.07, 6.45) is 0.795. The predicted octanol–water partition coefficient (Wildman–Crippen LogP) is 3.85. The third kappa shape index (κ3) is 4.01. The first-order valence-electron chi connectivity index (χ1n) is 7.64. The van der Waals surface area contributed by atoms with E-state index in [2.05, 4.69) is 17.3 Å². The van der Waals surface area contributed by atoms with Gasteiger partial charge in [0.05, 0.1) is 5.69 Å². The third-order valence-corrected chi connectivity index (χ3v) is 5.22. The summed E-state index contributed by atoms with van der Waals surface area (Å²) >= 11 is 7.72. The maximum Gasteiger partial charge on any atom is 0.251 e. The number of carbonyl (C=O) groups is 1. The molecule has 5 heteroatoms. The molecule has 0 saturated heterocycles. The van der Waals surface area contributed by atoms with E-state index < -0.39 is 0 Å². The maximum atomic E-state index is 12.3. The fourth-order valence-electron chi connectivity index (χ4n) is 2.57. The number of nitrogens with zero attached hydrogens (tertiary/aromatic N) is 1. The van der Waals surface area contributed by atoms with Gasteiger partial charge in [0, 0.05) is 41.4 Å². The number of hydrogen-bond acceptors (Lipinski definition) is 3. The van der Waals surface area contributed by atoms with E-state index in [9.17, 15) is 4.79 Å². The first-order valence-corrected chi connectivity index (χ1v) is 9.00. The van der Waals surface area contributed by atoms with Gasteiger partial charge in [0.2, 0.25) is 0 Å². The number of carbonyl (C=O) groups excluding carboxylic acids is 1. The van der Waals surface area contributed by atoms with Crippen LogP contribution in [0.1, 0.15) is 15.9 Å². The van der Waals surface area contributed by atoms with Gasteiger partial charge in [0.1, 0.15) is 0 Å². The normalized spacial score (nSPS) is 13.6. The molecule has 2 aromatic rings. The van der Waals surface area contributed by atoms with Crippen molar-refractivity contribution < 1.29 is 4.79 Å². The Bertz CT molecular complexity index is 703. The van der Waals surface area contributed by atoms with Gasteiger partial charge >= 0.3 is 0 Å². The first-order chi connectivity index (χ1) is 11.1. The van der Waals surface area contributed by atoms with Crippen LogP contribution < -0.4 is 10.2 Å². The van der Waals surface area contributed by atoms with Gasteiger partial charge in [-0.3, -0.25) is 4.79 Å². The number of fused-ring (bicyclic) bond motifs is 1. The highest BCUT2D eigenvalue weighted by molar-refractivity contribution is 7.99. The molecule has 120 valence electrons. The number of thioether (sulfide) groups is 1. The molecule has 1 amide bonds. The summed E-state index contributed by atoms with van der Waals surface area (Å²) in [6, 6.07) is 13.6. The van der Waals surface area contributed by atoms with Crippen molar-refractivity contribution in [2.45, 2.75) is 11.3 Å². The Labute approximate surface area is 146 Å². The molecule has 0 atom stereocenters. The van der Waals surface area contributed by atoms with Crippen LogP contribution in [0.25, 0.3) is 0 Å². The molecular weight excluding hydrogens is 328 g/mol. The summed E-state index contributed by atoms with van der Waals surface area (Å²) in [7, 11) is 2.07. The largest absolute Gasteiger partial charge is 0.373 e. The molecule has 0 aromatic heterocycles. The minimum absolute atomic E-state index is 0.0225. The van der Waals surface area contributed by atoms with Gasteiger partial charge in [-0.1, -0.05) is 23.7 Å². The van der Waals surface area contributed by atoms with Gasteiger partial charge in [-0.2, -0.15) is 0 Å². The molecule has 0 unspecified atom stereocenters. The van der Waals surface area contributed by atoms with Crippen molar-refractivity contribution in [2.24, 2.45) is 0 Å². The number of amides is 1. The SMILES string of the molecule is CN1CCSc2ccc(C(=O)NCCc3ccc(Cl)cc3)cc21. The van der Waals surface area contributed by atoms with Crippen LogP contribution >= 0.6 is 23.4 Å². The molecule has 1 aliphatic rings. The summed E-state index contributed by atoms with van der Waals surface area (Å²) in [6.45, 7) is 1.63. The van der Waals surface area contributed by atoms with Crippen LogP contribution in [-0.2, 0) is 6.42 Å². The van der Waals surface area contributed by atoms with Crippen molar-refractivity contribution in [1.82, 2.24) is 5.32 Å². The topological polar surface area (TPSA) is 32.3 Å². The molecule has 1 N–H and O–H groups in total. The highest BCUT2D eigenvalue weighted by Gasteiger charge is 2.16. The Kier molecular flexibility index (Phi) is 5.13. The fourth-order valence-corrected chi connectivity index (χ4v) is 3.80. The molecule has 0 spiro atoms. The highest BCUT2D eigenvalue weighted by atomic mass is 35.5. The zero-order valence-electron chi connectivity index (χ0n) is 13.0. The second-order valence-corrected chi connectivity index (χ2v) is 7.16. The van der Waals surface area contributed by atoms with E-state index in [0.29, 0.717) is 12.1 Å². The van der Waals surface area contributed by atoms with Crippen LogP contribution in [0, 0.1) is 0 Å². The molecule has 0 saturated carbocycles. The van der Waals surface area contributed by atoms with Crippen LogP contribution in [0.15, 0.2) is 47.4 Å². The second-order valence-electron chi connectivity index (χ2n) is 5.58. The number of nitrogens with one attached hydrogen (secondary N) is 1. The third-order valence-electron chi connectivity index (χ3n) is 3.93. The molecule has 3 rings (SSSR count). The molecule has 1 aliphatic heterocycles. The van der Waals surface area contributed by atoms with Gasteiger partial charge in [0.15, 0.2) is 0 Å². The van der Waals surface area contributed by atoms with E-state index in [1.807, 2.05) is 54.2 Å². The Morgan fingerprint density at radius 1 is 1.26 bits per heavy atom. The summed E-state index contributed by atoms with van der Waals surface area (Å²) in [5.74, 6) is 1.07. The molecule has 0 aliphatic carbocycles. The van der Waals surface area contributed by atoms with E-state index >= 15 is 0 Å². The van der Waals surface area contributed by atoms with Crippen molar-refractivity contribution in [3.63, 3.8) is 0 Å². The van der Waals surface area contributed by atoms with Gasteiger partial charge in [-0.05, 0) is 42.3 Å². The molecule has 0 fully saturated rings. The molecule has 0 radical (unpaired) electrons. The van der Waals surface area contributed by atoms with E-state index in [0.717, 1.165) is 35.0 Å². The lowest BCUT2D eigenvalue weighted by atomic mass is 10.1. The summed E-state index contributed by atoms with van der Waals surface area (Å²) < 4.78 is 0. The standard InChI is InChI=1S/C18H19ClN2OS/c1-21-10-11-23-17-7-4-14(12-16(17)21)18(22)20-9-8-13-2-5-15(19)6-3-13/h2-7,12H,8-11H2,1H3,(H,20,22). The van der Waals surface area contributed by atoms with E-state index in [1.54, 1.807) is 0 Å². The van der Waals surface area contributed by atoms with Gasteiger partial charge < -0.3 is 10.2 Å². The summed E-state index contributed by atoms with van der Waals surface area (Å²) in [5.41, 5.74) is 3.03. The minimum Gasteiger partial charge on any atom is -0.373 e. The van der Waals surface area contributed by atoms with E-state index in [-0.39, 0.29) is 5.91 Å². The molecule has 23 heavy (non-hydrogen) atoms. The summed E-state index contributed by atoms with van der Waals surface area (Å²) in [5, 5.41) is 3.72. The first kappa shape index (κ1) is 16.2. The molecule has 0 bridgehead atoms. The predicted molar refractivity (Wildman–Crippen MR) is 97.9 cm³/mol. The highest BCUT2D eigenvalue weighted by Crippen LogP contribution is 2.34. The second kappa shape index (κ2) is 7.28. The molecular formula is C18H19ClN2OS. The number of halogens is 1. The van der Waals surface area contributed by atoms with Crippen molar-refractivity contribution in [3.05, 3.63) is 58.6 Å². The van der Waals surface area contributed by atoms with Crippen LogP contribution in [-0.4, -0.2) is 31.8 Å². The average Bonchev–Trinajstić information content (AvgIpc) is 2.57. The van der Waals surface area contributed by atoms with Gasteiger partial charge in [-0.25, -0.2) is 0 Å². The Hall–Kier alpha value is -1.65. The number of anilines is 1. The average molecular weight is 347 g/mol. The molecule has 3 nitrogen and oxygen atoms in total. The minimum atomic E-state index is -0.0225. The molecule has 2 aromatic carbocycles. The van der Waals surface area contributed by atoms with E-state index in [1.165, 1.54) is 4.90 Å². The van der Waals surface area contributed by atoms with E-state index in [4.69, 9.17) is 11.6 Å². The van der Waals surface area contributed by atoms with Crippen LogP contribution in [0.2, 0.25) is 5.02 Å². The fraction of sp³-hybridized carbons (Fsp3) is 0.278. The van der Waals surface area contributed by atoms with Gasteiger partial charge in [-0.15, -0.1) is 11.8 Å². The van der Waals surface area contributed by atoms with Crippen LogP contribution in [0.3, 0.4) is 0 Å². The maximum absolute atomic E-state index is 12.3. The number of rotatable bonds is 4. The summed E-state index contributed by atoms with van der Waals surface area (Å²) in [4.78, 5) is 15.8. The zero-order chi connectivity index (χ0) is 16.2. The molecule has 1 heterocycles. The van der Waals surface area contributed by atoms with Crippen LogP contribution in [0.4, 0.5) is 5.69 Å². The Morgan fingerprint density at radius 2 is 2.04 bits per heavy atom.